The Morgan fingerprint density at radius 3 is 2.24 bits per heavy atom. The fraction of sp³-hybridized carbons (Fsp3) is 0.133. The van der Waals surface area contributed by atoms with E-state index in [1.54, 1.807) is 0 Å². The zero-order valence-corrected chi connectivity index (χ0v) is 10.9. The van der Waals surface area contributed by atoms with Gasteiger partial charge in [0.15, 0.2) is 17.3 Å². The molecule has 0 aliphatic heterocycles. The van der Waals surface area contributed by atoms with E-state index in [-0.39, 0.29) is 34.8 Å². The van der Waals surface area contributed by atoms with Crippen molar-refractivity contribution in [2.75, 3.05) is 0 Å². The van der Waals surface area contributed by atoms with Crippen molar-refractivity contribution in [2.45, 2.75) is 12.5 Å². The molecule has 0 amide bonds. The Morgan fingerprint density at radius 2 is 1.62 bits per heavy atom. The fourth-order valence-electron chi connectivity index (χ4n) is 1.91. The van der Waals surface area contributed by atoms with Crippen molar-refractivity contribution in [3.63, 3.8) is 0 Å². The first kappa shape index (κ1) is 14.7. The quantitative estimate of drug-likeness (QED) is 0.433. The van der Waals surface area contributed by atoms with Gasteiger partial charge in [-0.2, -0.15) is 0 Å². The predicted molar refractivity (Wildman–Crippen MR) is 73.5 cm³/mol. The Balaban J connectivity index is 2.16. The summed E-state index contributed by atoms with van der Waals surface area (Å²) in [5, 5.41) is 47.3. The van der Waals surface area contributed by atoms with E-state index in [9.17, 15) is 25.2 Å². The molecule has 0 fully saturated rings. The Hall–Kier alpha value is -2.73. The van der Waals surface area contributed by atoms with Gasteiger partial charge in [-0.25, -0.2) is 0 Å². The molecule has 2 aromatic rings. The van der Waals surface area contributed by atoms with Crippen LogP contribution in [0.25, 0.3) is 0 Å². The number of benzene rings is 2. The van der Waals surface area contributed by atoms with Crippen LogP contribution in [0.3, 0.4) is 0 Å². The van der Waals surface area contributed by atoms with Gasteiger partial charge in [0, 0.05) is 12.5 Å². The first-order valence-electron chi connectivity index (χ1n) is 6.13. The third-order valence-corrected chi connectivity index (χ3v) is 3.04. The van der Waals surface area contributed by atoms with Crippen LogP contribution in [0, 0.1) is 0 Å². The van der Waals surface area contributed by atoms with Gasteiger partial charge >= 0.3 is 0 Å². The summed E-state index contributed by atoms with van der Waals surface area (Å²) in [5.74, 6) is -1.79. The highest BCUT2D eigenvalue weighted by atomic mass is 16.3. The summed E-state index contributed by atoms with van der Waals surface area (Å²) in [6, 6.07) is 7.29. The van der Waals surface area contributed by atoms with Crippen LogP contribution in [-0.2, 0) is 0 Å². The van der Waals surface area contributed by atoms with E-state index in [2.05, 4.69) is 0 Å². The number of Topliss-reactive ketones (excluding diaryl/α,β-unsaturated/α-hetero) is 1. The van der Waals surface area contributed by atoms with Gasteiger partial charge in [-0.1, -0.05) is 6.07 Å². The molecule has 0 radical (unpaired) electrons. The molecular weight excluding hydrogens is 276 g/mol. The number of aliphatic hydroxyl groups is 1. The second kappa shape index (κ2) is 5.72. The second-order valence-corrected chi connectivity index (χ2v) is 4.59. The maximum absolute atomic E-state index is 12.0. The Bertz CT molecular complexity index is 680. The number of aliphatic hydroxyl groups excluding tert-OH is 1. The van der Waals surface area contributed by atoms with E-state index in [0.717, 1.165) is 12.1 Å². The molecule has 1 atom stereocenters. The highest BCUT2D eigenvalue weighted by Crippen LogP contribution is 2.30. The summed E-state index contributed by atoms with van der Waals surface area (Å²) in [6.45, 7) is 0. The van der Waals surface area contributed by atoms with E-state index < -0.39 is 17.6 Å². The van der Waals surface area contributed by atoms with Crippen molar-refractivity contribution in [1.82, 2.24) is 0 Å². The molecular formula is C15H14O6. The molecule has 0 heterocycles. The van der Waals surface area contributed by atoms with Gasteiger partial charge in [0.05, 0.1) is 11.7 Å². The first-order chi connectivity index (χ1) is 9.88. The lowest BCUT2D eigenvalue weighted by Crippen LogP contribution is -2.07. The van der Waals surface area contributed by atoms with Gasteiger partial charge in [0.2, 0.25) is 0 Å². The molecule has 6 heteroatoms. The molecule has 21 heavy (non-hydrogen) atoms. The zero-order chi connectivity index (χ0) is 15.6. The smallest absolute Gasteiger partial charge is 0.169 e. The van der Waals surface area contributed by atoms with Crippen LogP contribution in [-0.4, -0.2) is 31.3 Å². The second-order valence-electron chi connectivity index (χ2n) is 4.59. The van der Waals surface area contributed by atoms with Crippen LogP contribution >= 0.6 is 0 Å². The predicted octanol–water partition coefficient (Wildman–Crippen LogP) is 1.82. The van der Waals surface area contributed by atoms with Gasteiger partial charge in [0.25, 0.3) is 0 Å². The molecule has 0 bridgehead atoms. The molecule has 2 aromatic carbocycles. The van der Waals surface area contributed by atoms with Gasteiger partial charge in [-0.3, -0.25) is 4.79 Å². The van der Waals surface area contributed by atoms with Crippen LogP contribution in [0.5, 0.6) is 23.0 Å². The summed E-state index contributed by atoms with van der Waals surface area (Å²) < 4.78 is 0. The summed E-state index contributed by atoms with van der Waals surface area (Å²) in [6.07, 6.45) is -1.51. The average Bonchev–Trinajstić information content (AvgIpc) is 2.41. The molecule has 0 aliphatic rings. The van der Waals surface area contributed by atoms with Crippen LogP contribution in [0.4, 0.5) is 0 Å². The van der Waals surface area contributed by atoms with Crippen LogP contribution < -0.4 is 0 Å². The summed E-state index contributed by atoms with van der Waals surface area (Å²) in [7, 11) is 0. The van der Waals surface area contributed by atoms with Crippen molar-refractivity contribution < 1.29 is 30.3 Å². The average molecular weight is 290 g/mol. The summed E-state index contributed by atoms with van der Waals surface area (Å²) in [5.41, 5.74) is 0.242. The summed E-state index contributed by atoms with van der Waals surface area (Å²) in [4.78, 5) is 12.0. The van der Waals surface area contributed by atoms with Gasteiger partial charge in [-0.15, -0.1) is 0 Å². The third kappa shape index (κ3) is 3.24. The van der Waals surface area contributed by atoms with Gasteiger partial charge in [0.1, 0.15) is 11.5 Å². The highest BCUT2D eigenvalue weighted by molar-refractivity contribution is 5.99. The standard InChI is InChI=1S/C15H14O6/c16-9-2-3-10(13(19)6-9)14(20)7-12(18)8-1-4-11(17)15(21)5-8/h1-6,12,16-19,21H,7H2. The minimum atomic E-state index is -1.20. The number of hydrogen-bond donors (Lipinski definition) is 5. The van der Waals surface area contributed by atoms with Gasteiger partial charge < -0.3 is 25.5 Å². The topological polar surface area (TPSA) is 118 Å². The lowest BCUT2D eigenvalue weighted by molar-refractivity contribution is 0.0877. The molecule has 0 saturated carbocycles. The van der Waals surface area contributed by atoms with E-state index in [1.165, 1.54) is 24.3 Å². The number of hydrogen-bond acceptors (Lipinski definition) is 6. The van der Waals surface area contributed by atoms with Crippen molar-refractivity contribution >= 4 is 5.78 Å². The van der Waals surface area contributed by atoms with E-state index in [1.807, 2.05) is 0 Å². The van der Waals surface area contributed by atoms with E-state index in [4.69, 9.17) is 5.11 Å². The molecule has 0 saturated heterocycles. The van der Waals surface area contributed by atoms with Crippen molar-refractivity contribution in [3.8, 4) is 23.0 Å². The maximum atomic E-state index is 12.0. The van der Waals surface area contributed by atoms with Crippen molar-refractivity contribution in [2.24, 2.45) is 0 Å². The fourth-order valence-corrected chi connectivity index (χ4v) is 1.91. The minimum Gasteiger partial charge on any atom is -0.508 e. The third-order valence-electron chi connectivity index (χ3n) is 3.04. The largest absolute Gasteiger partial charge is 0.508 e. The molecule has 5 N–H and O–H groups in total. The van der Waals surface area contributed by atoms with Crippen molar-refractivity contribution in [3.05, 3.63) is 47.5 Å². The first-order valence-corrected chi connectivity index (χ1v) is 6.13. The number of phenols is 4. The molecule has 1 unspecified atom stereocenters. The Morgan fingerprint density at radius 1 is 0.905 bits per heavy atom. The lowest BCUT2D eigenvalue weighted by Gasteiger charge is -2.12. The van der Waals surface area contributed by atoms with Gasteiger partial charge in [-0.05, 0) is 29.8 Å². The van der Waals surface area contributed by atoms with Crippen LogP contribution in [0.1, 0.15) is 28.4 Å². The minimum absolute atomic E-state index is 0.0187. The molecule has 0 aromatic heterocycles. The molecule has 0 spiro atoms. The number of phenolic OH excluding ortho intramolecular Hbond substituents is 4. The Kier molecular flexibility index (Phi) is 4.00. The summed E-state index contributed by atoms with van der Waals surface area (Å²) >= 11 is 0. The monoisotopic (exact) mass is 290 g/mol. The normalized spacial score (nSPS) is 12.0. The van der Waals surface area contributed by atoms with E-state index >= 15 is 0 Å². The number of carbonyl (C=O) groups excluding carboxylic acids is 1. The molecule has 6 nitrogen and oxygen atoms in total. The number of ketones is 1. The highest BCUT2D eigenvalue weighted by Gasteiger charge is 2.18. The maximum Gasteiger partial charge on any atom is 0.169 e. The SMILES string of the molecule is O=C(CC(O)c1ccc(O)c(O)c1)c1ccc(O)cc1O. The lowest BCUT2D eigenvalue weighted by atomic mass is 9.99. The number of aromatic hydroxyl groups is 4. The molecule has 110 valence electrons. The zero-order valence-electron chi connectivity index (χ0n) is 10.9. The van der Waals surface area contributed by atoms with Crippen molar-refractivity contribution in [1.29, 1.82) is 0 Å². The van der Waals surface area contributed by atoms with E-state index in [0.29, 0.717) is 0 Å². The molecule has 0 aliphatic carbocycles. The number of rotatable bonds is 4. The van der Waals surface area contributed by atoms with Crippen LogP contribution in [0.15, 0.2) is 36.4 Å². The Labute approximate surface area is 120 Å². The number of carbonyl (C=O) groups is 1. The van der Waals surface area contributed by atoms with Crippen LogP contribution in [0.2, 0.25) is 0 Å². The molecule has 2 rings (SSSR count).